The number of fused-ring (bicyclic) bond motifs is 1. The summed E-state index contributed by atoms with van der Waals surface area (Å²) in [6.45, 7) is 5.46. The number of hydrogen-bond acceptors (Lipinski definition) is 4. The van der Waals surface area contributed by atoms with Crippen LogP contribution in [0.1, 0.15) is 37.3 Å². The van der Waals surface area contributed by atoms with E-state index in [9.17, 15) is 8.42 Å². The van der Waals surface area contributed by atoms with E-state index in [1.54, 1.807) is 30.3 Å². The number of imidazole rings is 1. The first kappa shape index (κ1) is 22.9. The van der Waals surface area contributed by atoms with E-state index in [1.165, 1.54) is 0 Å². The summed E-state index contributed by atoms with van der Waals surface area (Å²) in [7, 11) is -3.68. The second-order valence-electron chi connectivity index (χ2n) is 8.21. The topological polar surface area (TPSA) is 76.0 Å². The highest BCUT2D eigenvalue weighted by Gasteiger charge is 2.16. The van der Waals surface area contributed by atoms with E-state index in [4.69, 9.17) is 4.98 Å². The van der Waals surface area contributed by atoms with Crippen molar-refractivity contribution in [1.29, 1.82) is 0 Å². The molecule has 0 aliphatic heterocycles. The molecular formula is C26H30N4O2S. The Morgan fingerprint density at radius 2 is 1.64 bits per heavy atom. The fourth-order valence-corrected chi connectivity index (χ4v) is 4.93. The summed E-state index contributed by atoms with van der Waals surface area (Å²) < 4.78 is 30.8. The first-order valence-electron chi connectivity index (χ1n) is 11.3. The number of unbranched alkanes of at least 4 members (excludes halogenated alkanes) is 2. The predicted octanol–water partition coefficient (Wildman–Crippen LogP) is 5.95. The zero-order valence-electron chi connectivity index (χ0n) is 19.1. The molecule has 0 saturated carbocycles. The molecule has 33 heavy (non-hydrogen) atoms. The SMILES string of the molecule is CCCCCn1c(NCc2ccccc2NS(=O)(=O)c2ccc(C)cc2)nc2ccccc21. The number of anilines is 2. The van der Waals surface area contributed by atoms with Gasteiger partial charge in [-0.2, -0.15) is 0 Å². The average molecular weight is 463 g/mol. The molecule has 3 aromatic carbocycles. The number of rotatable bonds is 10. The maximum atomic E-state index is 12.9. The molecule has 2 N–H and O–H groups in total. The molecule has 0 radical (unpaired) electrons. The number of sulfonamides is 1. The van der Waals surface area contributed by atoms with E-state index < -0.39 is 10.0 Å². The summed E-state index contributed by atoms with van der Waals surface area (Å²) in [5, 5.41) is 3.44. The fraction of sp³-hybridized carbons (Fsp3) is 0.269. The third-order valence-corrected chi connectivity index (χ3v) is 7.05. The Balaban J connectivity index is 1.56. The van der Waals surface area contributed by atoms with Gasteiger partial charge in [-0.05, 0) is 49.2 Å². The van der Waals surface area contributed by atoms with Crippen molar-refractivity contribution >= 4 is 32.7 Å². The lowest BCUT2D eigenvalue weighted by Gasteiger charge is -2.15. The van der Waals surface area contributed by atoms with Crippen LogP contribution in [0.5, 0.6) is 0 Å². The van der Waals surface area contributed by atoms with Crippen LogP contribution in [0.2, 0.25) is 0 Å². The first-order valence-corrected chi connectivity index (χ1v) is 12.8. The molecule has 4 rings (SSSR count). The van der Waals surface area contributed by atoms with Gasteiger partial charge in [0.25, 0.3) is 10.0 Å². The number of nitrogens with zero attached hydrogens (tertiary/aromatic N) is 2. The molecule has 0 amide bonds. The standard InChI is InChI=1S/C26H30N4O2S/c1-3-4-9-18-30-25-13-8-7-12-24(25)28-26(30)27-19-21-10-5-6-11-23(21)29-33(31,32)22-16-14-20(2)15-17-22/h5-8,10-17,29H,3-4,9,18-19H2,1-2H3,(H,27,28). The molecule has 7 heteroatoms. The van der Waals surface area contributed by atoms with Gasteiger partial charge in [-0.3, -0.25) is 4.72 Å². The lowest BCUT2D eigenvalue weighted by molar-refractivity contribution is 0.601. The van der Waals surface area contributed by atoms with E-state index >= 15 is 0 Å². The zero-order valence-corrected chi connectivity index (χ0v) is 19.9. The predicted molar refractivity (Wildman–Crippen MR) is 135 cm³/mol. The molecule has 0 spiro atoms. The highest BCUT2D eigenvalue weighted by Crippen LogP contribution is 2.24. The molecule has 6 nitrogen and oxygen atoms in total. The van der Waals surface area contributed by atoms with Gasteiger partial charge in [0.2, 0.25) is 5.95 Å². The number of aryl methyl sites for hydroxylation is 2. The van der Waals surface area contributed by atoms with Gasteiger partial charge in [0.05, 0.1) is 21.6 Å². The molecule has 0 aliphatic rings. The smallest absolute Gasteiger partial charge is 0.261 e. The Bertz CT molecular complexity index is 1330. The molecular weight excluding hydrogens is 432 g/mol. The minimum Gasteiger partial charge on any atom is -0.351 e. The summed E-state index contributed by atoms with van der Waals surface area (Å²) in [5.74, 6) is 0.795. The molecule has 0 aliphatic carbocycles. The normalized spacial score (nSPS) is 11.6. The van der Waals surface area contributed by atoms with E-state index in [2.05, 4.69) is 27.6 Å². The van der Waals surface area contributed by atoms with Gasteiger partial charge in [-0.1, -0.05) is 67.8 Å². The zero-order chi connectivity index (χ0) is 23.3. The number of aromatic nitrogens is 2. The molecule has 0 atom stereocenters. The van der Waals surface area contributed by atoms with Crippen molar-refractivity contribution in [2.24, 2.45) is 0 Å². The van der Waals surface area contributed by atoms with Crippen molar-refractivity contribution in [3.8, 4) is 0 Å². The van der Waals surface area contributed by atoms with Crippen molar-refractivity contribution in [1.82, 2.24) is 9.55 Å². The van der Waals surface area contributed by atoms with Crippen LogP contribution in [-0.2, 0) is 23.1 Å². The number of nitrogens with one attached hydrogen (secondary N) is 2. The first-order chi connectivity index (χ1) is 16.0. The molecule has 0 saturated heterocycles. The minimum atomic E-state index is -3.68. The van der Waals surface area contributed by atoms with Crippen LogP contribution < -0.4 is 10.0 Å². The lowest BCUT2D eigenvalue weighted by atomic mass is 10.2. The highest BCUT2D eigenvalue weighted by atomic mass is 32.2. The van der Waals surface area contributed by atoms with Gasteiger partial charge in [-0.25, -0.2) is 13.4 Å². The van der Waals surface area contributed by atoms with E-state index in [-0.39, 0.29) is 4.90 Å². The van der Waals surface area contributed by atoms with Crippen LogP contribution in [0.15, 0.2) is 77.7 Å². The molecule has 1 heterocycles. The number of hydrogen-bond donors (Lipinski definition) is 2. The van der Waals surface area contributed by atoms with Crippen LogP contribution in [0.25, 0.3) is 11.0 Å². The van der Waals surface area contributed by atoms with Gasteiger partial charge in [0.1, 0.15) is 0 Å². The average Bonchev–Trinajstić information content (AvgIpc) is 3.16. The third-order valence-electron chi connectivity index (χ3n) is 5.67. The molecule has 0 bridgehead atoms. The number of para-hydroxylation sites is 3. The Hall–Kier alpha value is -3.32. The van der Waals surface area contributed by atoms with E-state index in [1.807, 2.05) is 43.3 Å². The summed E-state index contributed by atoms with van der Waals surface area (Å²) in [5.41, 5.74) is 4.47. The Labute approximate surface area is 195 Å². The van der Waals surface area contributed by atoms with Crippen LogP contribution in [0, 0.1) is 6.92 Å². The fourth-order valence-electron chi connectivity index (χ4n) is 3.83. The second kappa shape index (κ2) is 10.1. The monoisotopic (exact) mass is 462 g/mol. The van der Waals surface area contributed by atoms with Crippen molar-refractivity contribution in [3.05, 3.63) is 83.9 Å². The molecule has 172 valence electrons. The van der Waals surface area contributed by atoms with Gasteiger partial charge in [0.15, 0.2) is 0 Å². The quantitative estimate of drug-likeness (QED) is 0.286. The minimum absolute atomic E-state index is 0.244. The third kappa shape index (κ3) is 5.37. The van der Waals surface area contributed by atoms with Gasteiger partial charge >= 0.3 is 0 Å². The largest absolute Gasteiger partial charge is 0.351 e. The van der Waals surface area contributed by atoms with Gasteiger partial charge in [0, 0.05) is 13.1 Å². The van der Waals surface area contributed by atoms with Crippen LogP contribution >= 0.6 is 0 Å². The van der Waals surface area contributed by atoms with Crippen LogP contribution in [0.4, 0.5) is 11.6 Å². The number of benzene rings is 3. The maximum absolute atomic E-state index is 12.9. The second-order valence-corrected chi connectivity index (χ2v) is 9.89. The summed E-state index contributed by atoms with van der Waals surface area (Å²) in [4.78, 5) is 5.02. The van der Waals surface area contributed by atoms with Crippen molar-refractivity contribution < 1.29 is 8.42 Å². The van der Waals surface area contributed by atoms with Crippen molar-refractivity contribution in [2.45, 2.75) is 51.1 Å². The van der Waals surface area contributed by atoms with Gasteiger partial charge in [-0.15, -0.1) is 0 Å². The Morgan fingerprint density at radius 1 is 0.909 bits per heavy atom. The summed E-state index contributed by atoms with van der Waals surface area (Å²) in [6, 6.07) is 22.4. The lowest BCUT2D eigenvalue weighted by Crippen LogP contribution is -2.15. The summed E-state index contributed by atoms with van der Waals surface area (Å²) >= 11 is 0. The van der Waals surface area contributed by atoms with E-state index in [0.29, 0.717) is 12.2 Å². The summed E-state index contributed by atoms with van der Waals surface area (Å²) in [6.07, 6.45) is 3.40. The Morgan fingerprint density at radius 3 is 2.42 bits per heavy atom. The van der Waals surface area contributed by atoms with E-state index in [0.717, 1.165) is 53.9 Å². The van der Waals surface area contributed by atoms with Crippen molar-refractivity contribution in [3.63, 3.8) is 0 Å². The van der Waals surface area contributed by atoms with Crippen LogP contribution in [-0.4, -0.2) is 18.0 Å². The molecule has 0 fully saturated rings. The molecule has 4 aromatic rings. The molecule has 0 unspecified atom stereocenters. The maximum Gasteiger partial charge on any atom is 0.261 e. The highest BCUT2D eigenvalue weighted by molar-refractivity contribution is 7.92. The van der Waals surface area contributed by atoms with Gasteiger partial charge < -0.3 is 9.88 Å². The van der Waals surface area contributed by atoms with Crippen LogP contribution in [0.3, 0.4) is 0 Å². The Kier molecular flexibility index (Phi) is 6.99. The van der Waals surface area contributed by atoms with Crippen molar-refractivity contribution in [2.75, 3.05) is 10.0 Å². The molecule has 1 aromatic heterocycles.